The van der Waals surface area contributed by atoms with Crippen LogP contribution >= 0.6 is 11.3 Å². The smallest absolute Gasteiger partial charge is 0.326 e. The van der Waals surface area contributed by atoms with Crippen LogP contribution in [0.1, 0.15) is 24.8 Å². The number of carboxylic acids is 1. The molecule has 0 aliphatic heterocycles. The summed E-state index contributed by atoms with van der Waals surface area (Å²) in [6, 6.07) is -0.603. The third-order valence-electron chi connectivity index (χ3n) is 1.91. The fraction of sp³-hybridized carbons (Fsp3) is 0.667. The van der Waals surface area contributed by atoms with Crippen LogP contribution in [0.25, 0.3) is 0 Å². The molecule has 0 aromatic carbocycles. The number of aliphatic carboxylic acids is 1. The molecule has 0 saturated heterocycles. The number of methoxy groups -OCH3 is 1. The van der Waals surface area contributed by atoms with Gasteiger partial charge in [0.15, 0.2) is 0 Å². The third kappa shape index (κ3) is 3.74. The molecule has 1 atom stereocenters. The third-order valence-corrected chi connectivity index (χ3v) is 2.74. The van der Waals surface area contributed by atoms with E-state index in [2.05, 4.69) is 15.5 Å². The number of hydrogen-bond acceptors (Lipinski definition) is 6. The summed E-state index contributed by atoms with van der Waals surface area (Å²) in [5.74, 6) is -0.870. The largest absolute Gasteiger partial charge is 0.480 e. The summed E-state index contributed by atoms with van der Waals surface area (Å²) in [6.07, 6.45) is 1.36. The Morgan fingerprint density at radius 2 is 2.38 bits per heavy atom. The summed E-state index contributed by atoms with van der Waals surface area (Å²) in [5, 5.41) is 20.8. The molecule has 2 N–H and O–H groups in total. The number of carbonyl (C=O) groups is 1. The summed E-state index contributed by atoms with van der Waals surface area (Å²) in [4.78, 5) is 10.9. The maximum absolute atomic E-state index is 10.9. The Balaban J connectivity index is 2.58. The van der Waals surface area contributed by atoms with E-state index in [4.69, 9.17) is 9.84 Å². The standard InChI is InChI=1S/C9H15N3O3S/c1-3-4-6(8(13)14)10-9-12-11-7(16-9)5-15-2/h6H,3-5H2,1-2H3,(H,10,12)(H,13,14). The second-order valence-electron chi connectivity index (χ2n) is 3.26. The van der Waals surface area contributed by atoms with Crippen molar-refractivity contribution in [3.8, 4) is 0 Å². The van der Waals surface area contributed by atoms with Gasteiger partial charge in [0.05, 0.1) is 0 Å². The van der Waals surface area contributed by atoms with Crippen LogP contribution in [0.15, 0.2) is 0 Å². The SMILES string of the molecule is CCCC(Nc1nnc(COC)s1)C(=O)O. The summed E-state index contributed by atoms with van der Waals surface area (Å²) in [7, 11) is 1.58. The van der Waals surface area contributed by atoms with E-state index in [1.807, 2.05) is 6.92 Å². The second kappa shape index (κ2) is 6.39. The van der Waals surface area contributed by atoms with Crippen molar-refractivity contribution < 1.29 is 14.6 Å². The van der Waals surface area contributed by atoms with E-state index >= 15 is 0 Å². The number of anilines is 1. The zero-order chi connectivity index (χ0) is 12.0. The van der Waals surface area contributed by atoms with E-state index in [1.165, 1.54) is 11.3 Å². The van der Waals surface area contributed by atoms with Gasteiger partial charge in [-0.3, -0.25) is 0 Å². The molecule has 90 valence electrons. The highest BCUT2D eigenvalue weighted by Crippen LogP contribution is 2.17. The molecular formula is C9H15N3O3S. The van der Waals surface area contributed by atoms with E-state index in [9.17, 15) is 4.79 Å². The van der Waals surface area contributed by atoms with Crippen molar-refractivity contribution in [3.05, 3.63) is 5.01 Å². The van der Waals surface area contributed by atoms with Gasteiger partial charge in [-0.15, -0.1) is 10.2 Å². The Morgan fingerprint density at radius 1 is 1.62 bits per heavy atom. The van der Waals surface area contributed by atoms with Crippen LogP contribution in [0.3, 0.4) is 0 Å². The lowest BCUT2D eigenvalue weighted by molar-refractivity contribution is -0.138. The van der Waals surface area contributed by atoms with E-state index in [1.54, 1.807) is 7.11 Å². The van der Waals surface area contributed by atoms with Gasteiger partial charge >= 0.3 is 5.97 Å². The number of hydrogen-bond donors (Lipinski definition) is 2. The molecule has 0 aliphatic rings. The van der Waals surface area contributed by atoms with Gasteiger partial charge in [-0.05, 0) is 6.42 Å². The van der Waals surface area contributed by atoms with Gasteiger partial charge in [0, 0.05) is 7.11 Å². The quantitative estimate of drug-likeness (QED) is 0.754. The Kier molecular flexibility index (Phi) is 5.13. The van der Waals surface area contributed by atoms with Crippen molar-refractivity contribution in [2.45, 2.75) is 32.4 Å². The van der Waals surface area contributed by atoms with Gasteiger partial charge in [0.2, 0.25) is 5.13 Å². The first-order chi connectivity index (χ1) is 7.67. The lowest BCUT2D eigenvalue weighted by Crippen LogP contribution is -2.28. The van der Waals surface area contributed by atoms with Gasteiger partial charge < -0.3 is 15.2 Å². The molecule has 6 nitrogen and oxygen atoms in total. The maximum Gasteiger partial charge on any atom is 0.326 e. The summed E-state index contributed by atoms with van der Waals surface area (Å²) < 4.78 is 4.90. The van der Waals surface area contributed by atoms with Gasteiger partial charge in [-0.2, -0.15) is 0 Å². The fourth-order valence-electron chi connectivity index (χ4n) is 1.19. The molecule has 1 aromatic rings. The maximum atomic E-state index is 10.9. The van der Waals surface area contributed by atoms with Crippen molar-refractivity contribution in [1.29, 1.82) is 0 Å². The molecule has 0 radical (unpaired) electrons. The van der Waals surface area contributed by atoms with Crippen molar-refractivity contribution in [3.63, 3.8) is 0 Å². The highest BCUT2D eigenvalue weighted by molar-refractivity contribution is 7.15. The van der Waals surface area contributed by atoms with Crippen molar-refractivity contribution in [1.82, 2.24) is 10.2 Å². The van der Waals surface area contributed by atoms with Gasteiger partial charge in [0.25, 0.3) is 0 Å². The van der Waals surface area contributed by atoms with Crippen LogP contribution in [0.2, 0.25) is 0 Å². The molecule has 0 aliphatic carbocycles. The van der Waals surface area contributed by atoms with E-state index in [-0.39, 0.29) is 0 Å². The summed E-state index contributed by atoms with van der Waals surface area (Å²) in [6.45, 7) is 2.33. The number of carboxylic acid groups (broad SMARTS) is 1. The zero-order valence-corrected chi connectivity index (χ0v) is 10.1. The molecule has 0 spiro atoms. The van der Waals surface area contributed by atoms with E-state index in [0.29, 0.717) is 18.2 Å². The molecule has 7 heteroatoms. The Bertz CT molecular complexity index is 342. The number of aromatic nitrogens is 2. The predicted octanol–water partition coefficient (Wildman–Crippen LogP) is 1.35. The first-order valence-corrected chi connectivity index (χ1v) is 5.79. The number of nitrogens with zero attached hydrogens (tertiary/aromatic N) is 2. The van der Waals surface area contributed by atoms with Crippen molar-refractivity contribution in [2.75, 3.05) is 12.4 Å². The highest BCUT2D eigenvalue weighted by atomic mass is 32.1. The molecule has 1 heterocycles. The Labute approximate surface area is 97.7 Å². The zero-order valence-electron chi connectivity index (χ0n) is 9.27. The molecule has 1 unspecified atom stereocenters. The number of nitrogens with one attached hydrogen (secondary N) is 1. The molecule has 0 fully saturated rings. The lowest BCUT2D eigenvalue weighted by Gasteiger charge is -2.11. The van der Waals surface area contributed by atoms with Gasteiger partial charge in [0.1, 0.15) is 17.7 Å². The monoisotopic (exact) mass is 245 g/mol. The van der Waals surface area contributed by atoms with Crippen LogP contribution in [-0.2, 0) is 16.1 Å². The average Bonchev–Trinajstić information content (AvgIpc) is 2.65. The molecular weight excluding hydrogens is 230 g/mol. The average molecular weight is 245 g/mol. The molecule has 1 aromatic heterocycles. The molecule has 0 saturated carbocycles. The van der Waals surface area contributed by atoms with Crippen molar-refractivity contribution >= 4 is 22.4 Å². The minimum absolute atomic E-state index is 0.394. The minimum Gasteiger partial charge on any atom is -0.480 e. The topological polar surface area (TPSA) is 84.3 Å². The molecule has 0 amide bonds. The summed E-state index contributed by atoms with van der Waals surface area (Å²) >= 11 is 1.31. The lowest BCUT2D eigenvalue weighted by atomic mass is 10.2. The Hall–Kier alpha value is -1.21. The van der Waals surface area contributed by atoms with Gasteiger partial charge in [-0.25, -0.2) is 4.79 Å². The van der Waals surface area contributed by atoms with Crippen LogP contribution in [0.5, 0.6) is 0 Å². The molecule has 1 rings (SSSR count). The molecule has 0 bridgehead atoms. The summed E-state index contributed by atoms with van der Waals surface area (Å²) in [5.41, 5.74) is 0. The minimum atomic E-state index is -0.870. The predicted molar refractivity (Wildman–Crippen MR) is 60.6 cm³/mol. The Morgan fingerprint density at radius 3 is 2.94 bits per heavy atom. The van der Waals surface area contributed by atoms with Crippen LogP contribution < -0.4 is 5.32 Å². The van der Waals surface area contributed by atoms with Crippen LogP contribution in [-0.4, -0.2) is 34.4 Å². The first-order valence-electron chi connectivity index (χ1n) is 4.98. The second-order valence-corrected chi connectivity index (χ2v) is 4.32. The van der Waals surface area contributed by atoms with Crippen molar-refractivity contribution in [2.24, 2.45) is 0 Å². The van der Waals surface area contributed by atoms with E-state index in [0.717, 1.165) is 11.4 Å². The molecule has 16 heavy (non-hydrogen) atoms. The number of ether oxygens (including phenoxy) is 1. The van der Waals surface area contributed by atoms with Crippen LogP contribution in [0, 0.1) is 0 Å². The normalized spacial score (nSPS) is 12.4. The van der Waals surface area contributed by atoms with Crippen LogP contribution in [0.4, 0.5) is 5.13 Å². The number of rotatable bonds is 7. The highest BCUT2D eigenvalue weighted by Gasteiger charge is 2.17. The van der Waals surface area contributed by atoms with E-state index < -0.39 is 12.0 Å². The fourth-order valence-corrected chi connectivity index (χ4v) is 1.95. The van der Waals surface area contributed by atoms with Gasteiger partial charge in [-0.1, -0.05) is 24.7 Å². The first kappa shape index (κ1) is 12.9.